The van der Waals surface area contributed by atoms with Gasteiger partial charge in [-0.05, 0) is 29.3 Å². The van der Waals surface area contributed by atoms with Crippen LogP contribution in [-0.4, -0.2) is 56.7 Å². The molecule has 2 aromatic carbocycles. The molecule has 3 aromatic rings. The van der Waals surface area contributed by atoms with E-state index in [-0.39, 0.29) is 5.91 Å². The SMILES string of the molecule is CS(=O)N1CCN(C(=O)c2cnc3ccc(F)cc3c2-c2ccc(CC#N)cc2)CC1. The summed E-state index contributed by atoms with van der Waals surface area (Å²) in [6, 6.07) is 13.8. The Hall–Kier alpha value is -3.15. The van der Waals surface area contributed by atoms with Crippen LogP contribution in [0, 0.1) is 17.1 Å². The summed E-state index contributed by atoms with van der Waals surface area (Å²) < 4.78 is 27.6. The van der Waals surface area contributed by atoms with Gasteiger partial charge in [0.1, 0.15) is 5.82 Å². The molecular formula is C23H21FN4O2S. The fraction of sp³-hybridized carbons (Fsp3) is 0.261. The van der Waals surface area contributed by atoms with E-state index in [4.69, 9.17) is 5.26 Å². The average Bonchev–Trinajstić information content (AvgIpc) is 2.78. The molecule has 8 heteroatoms. The van der Waals surface area contributed by atoms with Gasteiger partial charge in [-0.2, -0.15) is 5.26 Å². The molecule has 158 valence electrons. The van der Waals surface area contributed by atoms with Gasteiger partial charge in [0.2, 0.25) is 0 Å². The van der Waals surface area contributed by atoms with Crippen molar-refractivity contribution < 1.29 is 13.4 Å². The van der Waals surface area contributed by atoms with Crippen molar-refractivity contribution >= 4 is 27.8 Å². The van der Waals surface area contributed by atoms with Crippen LogP contribution in [0.4, 0.5) is 4.39 Å². The molecule has 0 radical (unpaired) electrons. The molecule has 1 unspecified atom stereocenters. The lowest BCUT2D eigenvalue weighted by atomic mass is 9.94. The molecule has 1 amide bonds. The standard InChI is InChI=1S/C23H21FN4O2S/c1-31(30)28-12-10-27(11-13-28)23(29)20-15-26-21-7-6-18(24)14-19(21)22(20)17-4-2-16(3-5-17)8-9-25/h2-7,14-15H,8,10-13H2,1H3. The van der Waals surface area contributed by atoms with Crippen molar-refractivity contribution in [2.24, 2.45) is 0 Å². The summed E-state index contributed by atoms with van der Waals surface area (Å²) in [7, 11) is -1.07. The predicted octanol–water partition coefficient (Wildman–Crippen LogP) is 3.16. The predicted molar refractivity (Wildman–Crippen MR) is 118 cm³/mol. The smallest absolute Gasteiger partial charge is 0.256 e. The van der Waals surface area contributed by atoms with Crippen LogP contribution in [0.5, 0.6) is 0 Å². The Morgan fingerprint density at radius 2 is 1.87 bits per heavy atom. The summed E-state index contributed by atoms with van der Waals surface area (Å²) in [6.07, 6.45) is 3.47. The molecular weight excluding hydrogens is 415 g/mol. The second-order valence-corrected chi connectivity index (χ2v) is 8.75. The molecule has 1 fully saturated rings. The van der Waals surface area contributed by atoms with Crippen LogP contribution in [0.3, 0.4) is 0 Å². The Balaban J connectivity index is 1.78. The zero-order chi connectivity index (χ0) is 22.0. The summed E-state index contributed by atoms with van der Waals surface area (Å²) in [5, 5.41) is 9.48. The molecule has 1 saturated heterocycles. The quantitative estimate of drug-likeness (QED) is 0.630. The minimum absolute atomic E-state index is 0.184. The number of nitriles is 1. The van der Waals surface area contributed by atoms with Gasteiger partial charge in [0.05, 0.1) is 34.6 Å². The molecule has 0 N–H and O–H groups in total. The van der Waals surface area contributed by atoms with Crippen LogP contribution in [0.2, 0.25) is 0 Å². The van der Waals surface area contributed by atoms with Crippen LogP contribution in [0.1, 0.15) is 15.9 Å². The van der Waals surface area contributed by atoms with E-state index >= 15 is 0 Å². The normalized spacial score (nSPS) is 15.6. The number of carbonyl (C=O) groups is 1. The number of nitrogens with zero attached hydrogens (tertiary/aromatic N) is 4. The first kappa shape index (κ1) is 21.1. The lowest BCUT2D eigenvalue weighted by Crippen LogP contribution is -2.49. The number of halogens is 1. The Kier molecular flexibility index (Phi) is 6.07. The zero-order valence-electron chi connectivity index (χ0n) is 17.0. The van der Waals surface area contributed by atoms with Crippen molar-refractivity contribution in [3.63, 3.8) is 0 Å². The topological polar surface area (TPSA) is 77.3 Å². The number of hydrogen-bond acceptors (Lipinski definition) is 4. The largest absolute Gasteiger partial charge is 0.336 e. The number of rotatable bonds is 4. The van der Waals surface area contributed by atoms with Gasteiger partial charge in [0, 0.05) is 49.6 Å². The highest BCUT2D eigenvalue weighted by Crippen LogP contribution is 2.33. The van der Waals surface area contributed by atoms with E-state index in [1.807, 2.05) is 28.6 Å². The molecule has 0 bridgehead atoms. The van der Waals surface area contributed by atoms with E-state index < -0.39 is 16.8 Å². The average molecular weight is 437 g/mol. The fourth-order valence-corrected chi connectivity index (χ4v) is 4.51. The molecule has 1 atom stereocenters. The number of carbonyl (C=O) groups excluding carboxylic acids is 1. The second-order valence-electron chi connectivity index (χ2n) is 7.39. The van der Waals surface area contributed by atoms with E-state index in [2.05, 4.69) is 11.1 Å². The maximum absolute atomic E-state index is 14.1. The molecule has 2 heterocycles. The number of pyridine rings is 1. The van der Waals surface area contributed by atoms with Crippen LogP contribution in [0.25, 0.3) is 22.0 Å². The van der Waals surface area contributed by atoms with Gasteiger partial charge in [0.25, 0.3) is 5.91 Å². The van der Waals surface area contributed by atoms with E-state index in [1.54, 1.807) is 23.4 Å². The third-order valence-electron chi connectivity index (χ3n) is 5.48. The molecule has 31 heavy (non-hydrogen) atoms. The van der Waals surface area contributed by atoms with Gasteiger partial charge in [-0.15, -0.1) is 0 Å². The molecule has 6 nitrogen and oxygen atoms in total. The summed E-state index contributed by atoms with van der Waals surface area (Å²) >= 11 is 0. The number of benzene rings is 2. The third kappa shape index (κ3) is 4.33. The van der Waals surface area contributed by atoms with E-state index in [1.165, 1.54) is 12.1 Å². The first-order valence-electron chi connectivity index (χ1n) is 9.90. The van der Waals surface area contributed by atoms with Gasteiger partial charge in [-0.1, -0.05) is 24.3 Å². The van der Waals surface area contributed by atoms with E-state index in [0.29, 0.717) is 54.6 Å². The van der Waals surface area contributed by atoms with Crippen LogP contribution < -0.4 is 0 Å². The molecule has 1 aromatic heterocycles. The highest BCUT2D eigenvalue weighted by atomic mass is 32.2. The minimum atomic E-state index is -1.07. The molecule has 0 saturated carbocycles. The number of amides is 1. The Labute approximate surface area is 182 Å². The summed E-state index contributed by atoms with van der Waals surface area (Å²) in [6.45, 7) is 1.98. The Morgan fingerprint density at radius 3 is 2.52 bits per heavy atom. The Morgan fingerprint density at radius 1 is 1.16 bits per heavy atom. The molecule has 1 aliphatic rings. The highest BCUT2D eigenvalue weighted by molar-refractivity contribution is 7.81. The summed E-state index contributed by atoms with van der Waals surface area (Å²) in [4.78, 5) is 19.5. The maximum atomic E-state index is 14.1. The van der Waals surface area contributed by atoms with Crippen molar-refractivity contribution in [1.29, 1.82) is 5.26 Å². The van der Waals surface area contributed by atoms with Crippen molar-refractivity contribution in [2.75, 3.05) is 32.4 Å². The first-order valence-corrected chi connectivity index (χ1v) is 11.4. The van der Waals surface area contributed by atoms with Gasteiger partial charge in [-0.3, -0.25) is 9.78 Å². The molecule has 0 spiro atoms. The highest BCUT2D eigenvalue weighted by Gasteiger charge is 2.26. The van der Waals surface area contributed by atoms with E-state index in [9.17, 15) is 13.4 Å². The van der Waals surface area contributed by atoms with Gasteiger partial charge >= 0.3 is 0 Å². The van der Waals surface area contributed by atoms with Gasteiger partial charge in [-0.25, -0.2) is 12.9 Å². The molecule has 4 rings (SSSR count). The van der Waals surface area contributed by atoms with Crippen molar-refractivity contribution in [1.82, 2.24) is 14.2 Å². The summed E-state index contributed by atoms with van der Waals surface area (Å²) in [5.41, 5.74) is 3.25. The van der Waals surface area contributed by atoms with Crippen LogP contribution >= 0.6 is 0 Å². The van der Waals surface area contributed by atoms with Gasteiger partial charge < -0.3 is 4.90 Å². The molecule has 1 aliphatic heterocycles. The molecule has 0 aliphatic carbocycles. The van der Waals surface area contributed by atoms with Crippen LogP contribution in [0.15, 0.2) is 48.7 Å². The second kappa shape index (κ2) is 8.92. The fourth-order valence-electron chi connectivity index (χ4n) is 3.84. The zero-order valence-corrected chi connectivity index (χ0v) is 17.9. The van der Waals surface area contributed by atoms with Crippen molar-refractivity contribution in [3.05, 3.63) is 65.6 Å². The van der Waals surface area contributed by atoms with E-state index in [0.717, 1.165) is 11.1 Å². The summed E-state index contributed by atoms with van der Waals surface area (Å²) in [5.74, 6) is -0.586. The lowest BCUT2D eigenvalue weighted by molar-refractivity contribution is 0.0701. The Bertz CT molecular complexity index is 1200. The minimum Gasteiger partial charge on any atom is -0.336 e. The third-order valence-corrected chi connectivity index (χ3v) is 6.57. The van der Waals surface area contributed by atoms with Crippen molar-refractivity contribution in [2.45, 2.75) is 6.42 Å². The first-order chi connectivity index (χ1) is 15.0. The van der Waals surface area contributed by atoms with Gasteiger partial charge in [0.15, 0.2) is 0 Å². The monoisotopic (exact) mass is 436 g/mol. The number of fused-ring (bicyclic) bond motifs is 1. The lowest BCUT2D eigenvalue weighted by Gasteiger charge is -2.33. The number of piperazine rings is 1. The van der Waals surface area contributed by atoms with Crippen LogP contribution in [-0.2, 0) is 17.4 Å². The number of aromatic nitrogens is 1. The number of hydrogen-bond donors (Lipinski definition) is 0. The maximum Gasteiger partial charge on any atom is 0.256 e. The van der Waals surface area contributed by atoms with Crippen molar-refractivity contribution in [3.8, 4) is 17.2 Å².